The van der Waals surface area contributed by atoms with E-state index < -0.39 is 4.70 Å². The Morgan fingerprint density at radius 2 is 1.56 bits per heavy atom. The quantitative estimate of drug-likeness (QED) is 0.508. The highest BCUT2D eigenvalue weighted by atomic mass is 79.9. The van der Waals surface area contributed by atoms with Gasteiger partial charge in [0.15, 0.2) is 0 Å². The summed E-state index contributed by atoms with van der Waals surface area (Å²) in [6.45, 7) is 4.03. The summed E-state index contributed by atoms with van der Waals surface area (Å²) in [6, 6.07) is 0. The van der Waals surface area contributed by atoms with Crippen LogP contribution in [0.2, 0.25) is 0 Å². The molecule has 0 aliphatic heterocycles. The number of hydrogen-bond acceptors (Lipinski definition) is 2. The largest absolute Gasteiger partial charge is 0.344 e. The van der Waals surface area contributed by atoms with Crippen molar-refractivity contribution in [2.45, 2.75) is 18.5 Å². The van der Waals surface area contributed by atoms with Gasteiger partial charge in [-0.05, 0) is 15.9 Å². The van der Waals surface area contributed by atoms with Gasteiger partial charge in [0.05, 0.1) is 0 Å². The molecule has 0 fully saturated rings. The van der Waals surface area contributed by atoms with Crippen molar-refractivity contribution in [3.63, 3.8) is 0 Å². The fourth-order valence-corrected chi connectivity index (χ4v) is 0.555. The predicted octanol–water partition coefficient (Wildman–Crippen LogP) is 1.98. The Balaban J connectivity index is 3.92. The summed E-state index contributed by atoms with van der Waals surface area (Å²) in [5.74, 6) is 0.299. The molecule has 0 spiro atoms. The minimum Gasteiger partial charge on any atom is -0.344 e. The van der Waals surface area contributed by atoms with Crippen molar-refractivity contribution in [2.75, 3.05) is 14.2 Å². The molecule has 0 heterocycles. The van der Waals surface area contributed by atoms with E-state index in [9.17, 15) is 0 Å². The van der Waals surface area contributed by atoms with Gasteiger partial charge in [-0.2, -0.15) is 0 Å². The second-order valence-electron chi connectivity index (χ2n) is 2.15. The molecule has 56 valence electrons. The first kappa shape index (κ1) is 9.40. The summed E-state index contributed by atoms with van der Waals surface area (Å²) in [7, 11) is 3.22. The van der Waals surface area contributed by atoms with Crippen LogP contribution in [0.4, 0.5) is 0 Å². The first-order chi connectivity index (χ1) is 4.06. The summed E-state index contributed by atoms with van der Waals surface area (Å²) in [4.78, 5) is 0. The summed E-state index contributed by atoms with van der Waals surface area (Å²) in [5, 5.41) is 0. The van der Waals surface area contributed by atoms with Gasteiger partial charge >= 0.3 is 0 Å². The first-order valence-corrected chi connectivity index (χ1v) is 3.65. The van der Waals surface area contributed by atoms with E-state index in [1.165, 1.54) is 0 Å². The van der Waals surface area contributed by atoms with Crippen LogP contribution in [-0.2, 0) is 9.47 Å². The highest BCUT2D eigenvalue weighted by Gasteiger charge is 2.29. The molecule has 0 amide bonds. The van der Waals surface area contributed by atoms with Crippen molar-refractivity contribution in [1.82, 2.24) is 0 Å². The summed E-state index contributed by atoms with van der Waals surface area (Å²) in [6.07, 6.45) is 0. The Labute approximate surface area is 64.7 Å². The van der Waals surface area contributed by atoms with Crippen molar-refractivity contribution in [3.05, 3.63) is 0 Å². The van der Waals surface area contributed by atoms with E-state index in [1.807, 2.05) is 13.8 Å². The zero-order valence-corrected chi connectivity index (χ0v) is 7.86. The molecule has 0 aromatic heterocycles. The SMILES string of the molecule is COC(Br)(OC)C(C)C. The molecule has 9 heavy (non-hydrogen) atoms. The standard InChI is InChI=1S/C6H13BrO2/c1-5(2)6(7,8-3)9-4/h5H,1-4H3. The fourth-order valence-electron chi connectivity index (χ4n) is 0.555. The van der Waals surface area contributed by atoms with Gasteiger partial charge in [-0.1, -0.05) is 13.8 Å². The summed E-state index contributed by atoms with van der Waals surface area (Å²) < 4.78 is 9.48. The highest BCUT2D eigenvalue weighted by molar-refractivity contribution is 9.10. The van der Waals surface area contributed by atoms with E-state index in [0.717, 1.165) is 0 Å². The van der Waals surface area contributed by atoms with Gasteiger partial charge < -0.3 is 9.47 Å². The summed E-state index contributed by atoms with van der Waals surface area (Å²) >= 11 is 3.30. The molecule has 0 saturated carbocycles. The number of halogens is 1. The van der Waals surface area contributed by atoms with Gasteiger partial charge in [-0.15, -0.1) is 0 Å². The monoisotopic (exact) mass is 196 g/mol. The first-order valence-electron chi connectivity index (χ1n) is 2.86. The molecule has 0 saturated heterocycles. The lowest BCUT2D eigenvalue weighted by molar-refractivity contribution is -0.154. The maximum absolute atomic E-state index is 5.04. The second-order valence-corrected chi connectivity index (χ2v) is 3.25. The molecule has 0 radical (unpaired) electrons. The average Bonchev–Trinajstić information content (AvgIpc) is 1.86. The number of alkyl halides is 1. The van der Waals surface area contributed by atoms with Crippen molar-refractivity contribution < 1.29 is 9.47 Å². The van der Waals surface area contributed by atoms with Crippen LogP contribution in [0, 0.1) is 5.92 Å². The van der Waals surface area contributed by atoms with Gasteiger partial charge in [0.2, 0.25) is 4.70 Å². The smallest absolute Gasteiger partial charge is 0.228 e. The van der Waals surface area contributed by atoms with E-state index in [-0.39, 0.29) is 0 Å². The molecule has 0 N–H and O–H groups in total. The Morgan fingerprint density at radius 3 is 1.56 bits per heavy atom. The topological polar surface area (TPSA) is 18.5 Å². The normalized spacial score (nSPS) is 12.7. The molecule has 0 aromatic carbocycles. The second kappa shape index (κ2) is 3.54. The Morgan fingerprint density at radius 1 is 1.22 bits per heavy atom. The van der Waals surface area contributed by atoms with Crippen LogP contribution in [0.25, 0.3) is 0 Å². The van der Waals surface area contributed by atoms with E-state index in [2.05, 4.69) is 15.9 Å². The zero-order chi connectivity index (χ0) is 7.49. The Kier molecular flexibility index (Phi) is 3.70. The molecule has 0 unspecified atom stereocenters. The molecular weight excluding hydrogens is 184 g/mol. The predicted molar refractivity (Wildman–Crippen MR) is 40.5 cm³/mol. The van der Waals surface area contributed by atoms with Crippen molar-refractivity contribution in [1.29, 1.82) is 0 Å². The third-order valence-electron chi connectivity index (χ3n) is 1.25. The van der Waals surface area contributed by atoms with Crippen molar-refractivity contribution in [3.8, 4) is 0 Å². The molecule has 3 heteroatoms. The molecule has 0 rings (SSSR count). The average molecular weight is 197 g/mol. The number of methoxy groups -OCH3 is 2. The van der Waals surface area contributed by atoms with E-state index in [4.69, 9.17) is 9.47 Å². The van der Waals surface area contributed by atoms with Crippen LogP contribution in [0.1, 0.15) is 13.8 Å². The zero-order valence-electron chi connectivity index (χ0n) is 6.27. The Bertz CT molecular complexity index is 79.1. The molecule has 2 nitrogen and oxygen atoms in total. The minimum absolute atomic E-state index is 0.299. The van der Waals surface area contributed by atoms with Crippen LogP contribution < -0.4 is 0 Å². The van der Waals surface area contributed by atoms with E-state index in [1.54, 1.807) is 14.2 Å². The molecule has 0 aliphatic carbocycles. The lowest BCUT2D eigenvalue weighted by atomic mass is 10.2. The van der Waals surface area contributed by atoms with Crippen LogP contribution in [0.5, 0.6) is 0 Å². The highest BCUT2D eigenvalue weighted by Crippen LogP contribution is 2.28. The molecule has 0 aliphatic rings. The van der Waals surface area contributed by atoms with Gasteiger partial charge in [0, 0.05) is 20.1 Å². The molecule has 0 atom stereocenters. The van der Waals surface area contributed by atoms with Gasteiger partial charge in [-0.3, -0.25) is 0 Å². The maximum Gasteiger partial charge on any atom is 0.228 e. The summed E-state index contributed by atoms with van der Waals surface area (Å²) in [5.41, 5.74) is 0. The van der Waals surface area contributed by atoms with Gasteiger partial charge in [0.1, 0.15) is 0 Å². The number of hydrogen-bond donors (Lipinski definition) is 0. The maximum atomic E-state index is 5.04. The van der Waals surface area contributed by atoms with Gasteiger partial charge in [-0.25, -0.2) is 0 Å². The lowest BCUT2D eigenvalue weighted by Crippen LogP contribution is -2.31. The molecule has 0 bridgehead atoms. The third-order valence-corrected chi connectivity index (χ3v) is 2.81. The Hall–Kier alpha value is 0.400. The minimum atomic E-state index is -0.604. The van der Waals surface area contributed by atoms with Crippen LogP contribution in [0.15, 0.2) is 0 Å². The van der Waals surface area contributed by atoms with Crippen LogP contribution in [0.3, 0.4) is 0 Å². The molecular formula is C6H13BrO2. The van der Waals surface area contributed by atoms with E-state index >= 15 is 0 Å². The fraction of sp³-hybridized carbons (Fsp3) is 1.00. The van der Waals surface area contributed by atoms with Crippen molar-refractivity contribution >= 4 is 15.9 Å². The molecule has 0 aromatic rings. The third kappa shape index (κ3) is 2.24. The van der Waals surface area contributed by atoms with Gasteiger partial charge in [0.25, 0.3) is 0 Å². The van der Waals surface area contributed by atoms with E-state index in [0.29, 0.717) is 5.92 Å². The number of ether oxygens (including phenoxy) is 2. The van der Waals surface area contributed by atoms with Crippen LogP contribution in [-0.4, -0.2) is 18.9 Å². The van der Waals surface area contributed by atoms with Crippen molar-refractivity contribution in [2.24, 2.45) is 5.92 Å². The lowest BCUT2D eigenvalue weighted by Gasteiger charge is -2.27. The van der Waals surface area contributed by atoms with Crippen LogP contribution >= 0.6 is 15.9 Å². The number of rotatable bonds is 3.